The van der Waals surface area contributed by atoms with Crippen LogP contribution in [0.4, 0.5) is 0 Å². The van der Waals surface area contributed by atoms with Gasteiger partial charge in [0.2, 0.25) is 0 Å². The smallest absolute Gasteiger partial charge is 0.179 e. The second-order valence-corrected chi connectivity index (χ2v) is 3.47. The molecule has 0 aliphatic rings. The molecular weight excluding hydrogens is 202 g/mol. The molecule has 1 aromatic rings. The van der Waals surface area contributed by atoms with Crippen molar-refractivity contribution in [1.82, 2.24) is 5.32 Å². The van der Waals surface area contributed by atoms with E-state index < -0.39 is 0 Å². The van der Waals surface area contributed by atoms with Crippen LogP contribution in [0, 0.1) is 6.92 Å². The second-order valence-electron chi connectivity index (χ2n) is 3.07. The standard InChI is InChI=1S/C10H14ClNO2/c1-6-4-8(11)10(14-3)9(13)7(6)5-12-2/h4,12-13H,5H2,1-3H3. The summed E-state index contributed by atoms with van der Waals surface area (Å²) in [6, 6.07) is 1.78. The van der Waals surface area contributed by atoms with Crippen LogP contribution in [-0.2, 0) is 6.54 Å². The molecule has 0 saturated heterocycles. The molecule has 0 atom stereocenters. The number of halogens is 1. The highest BCUT2D eigenvalue weighted by atomic mass is 35.5. The Morgan fingerprint density at radius 2 is 2.21 bits per heavy atom. The van der Waals surface area contributed by atoms with Gasteiger partial charge in [-0.3, -0.25) is 0 Å². The highest BCUT2D eigenvalue weighted by molar-refractivity contribution is 6.32. The van der Waals surface area contributed by atoms with Crippen molar-refractivity contribution < 1.29 is 9.84 Å². The van der Waals surface area contributed by atoms with E-state index in [1.807, 2.05) is 14.0 Å². The van der Waals surface area contributed by atoms with Crippen molar-refractivity contribution in [1.29, 1.82) is 0 Å². The molecule has 0 aromatic heterocycles. The molecule has 2 N–H and O–H groups in total. The summed E-state index contributed by atoms with van der Waals surface area (Å²) in [7, 11) is 3.30. The molecule has 0 radical (unpaired) electrons. The third-order valence-corrected chi connectivity index (χ3v) is 2.38. The molecular formula is C10H14ClNO2. The van der Waals surface area contributed by atoms with E-state index in [0.717, 1.165) is 11.1 Å². The fraction of sp³-hybridized carbons (Fsp3) is 0.400. The molecule has 14 heavy (non-hydrogen) atoms. The van der Waals surface area contributed by atoms with Crippen LogP contribution in [-0.4, -0.2) is 19.3 Å². The van der Waals surface area contributed by atoms with Gasteiger partial charge in [-0.05, 0) is 25.6 Å². The van der Waals surface area contributed by atoms with Gasteiger partial charge in [0.25, 0.3) is 0 Å². The predicted molar refractivity (Wildman–Crippen MR) is 57.2 cm³/mol. The minimum absolute atomic E-state index is 0.117. The fourth-order valence-electron chi connectivity index (χ4n) is 1.37. The van der Waals surface area contributed by atoms with E-state index in [0.29, 0.717) is 17.3 Å². The number of nitrogens with one attached hydrogen (secondary N) is 1. The molecule has 0 bridgehead atoms. The van der Waals surface area contributed by atoms with Crippen molar-refractivity contribution in [3.63, 3.8) is 0 Å². The summed E-state index contributed by atoms with van der Waals surface area (Å²) in [5, 5.41) is 13.2. The van der Waals surface area contributed by atoms with Gasteiger partial charge in [0.15, 0.2) is 11.5 Å². The number of ether oxygens (including phenoxy) is 1. The maximum Gasteiger partial charge on any atom is 0.179 e. The average Bonchev–Trinajstić information content (AvgIpc) is 2.12. The molecule has 4 heteroatoms. The molecule has 1 aromatic carbocycles. The van der Waals surface area contributed by atoms with Crippen molar-refractivity contribution in [2.45, 2.75) is 13.5 Å². The summed E-state index contributed by atoms with van der Waals surface area (Å²) >= 11 is 5.90. The van der Waals surface area contributed by atoms with E-state index in [2.05, 4.69) is 5.32 Å². The largest absolute Gasteiger partial charge is 0.504 e. The summed E-state index contributed by atoms with van der Waals surface area (Å²) in [5.74, 6) is 0.453. The maximum absolute atomic E-state index is 9.83. The molecule has 0 unspecified atom stereocenters. The van der Waals surface area contributed by atoms with E-state index in [9.17, 15) is 5.11 Å². The van der Waals surface area contributed by atoms with Crippen molar-refractivity contribution in [3.05, 3.63) is 22.2 Å². The maximum atomic E-state index is 9.83. The Hall–Kier alpha value is -0.930. The summed E-state index contributed by atoms with van der Waals surface area (Å²) in [5.41, 5.74) is 1.76. The molecule has 78 valence electrons. The SMILES string of the molecule is CNCc1c(C)cc(Cl)c(OC)c1O. The lowest BCUT2D eigenvalue weighted by Gasteiger charge is -2.13. The molecule has 0 heterocycles. The summed E-state index contributed by atoms with van der Waals surface area (Å²) in [6.45, 7) is 2.49. The first-order valence-corrected chi connectivity index (χ1v) is 4.69. The Labute approximate surface area is 88.7 Å². The zero-order valence-electron chi connectivity index (χ0n) is 8.52. The van der Waals surface area contributed by atoms with Gasteiger partial charge in [-0.2, -0.15) is 0 Å². The lowest BCUT2D eigenvalue weighted by Crippen LogP contribution is -2.07. The zero-order chi connectivity index (χ0) is 10.7. The second kappa shape index (κ2) is 4.53. The van der Waals surface area contributed by atoms with Gasteiger partial charge in [0, 0.05) is 12.1 Å². The summed E-state index contributed by atoms with van der Waals surface area (Å²) < 4.78 is 5.01. The molecule has 0 aliphatic carbocycles. The summed E-state index contributed by atoms with van der Waals surface area (Å²) in [6.07, 6.45) is 0. The van der Waals surface area contributed by atoms with Crippen molar-refractivity contribution >= 4 is 11.6 Å². The van der Waals surface area contributed by atoms with E-state index in [-0.39, 0.29) is 5.75 Å². The van der Waals surface area contributed by atoms with Crippen LogP contribution in [0.3, 0.4) is 0 Å². The van der Waals surface area contributed by atoms with Crippen LogP contribution in [0.2, 0.25) is 5.02 Å². The minimum atomic E-state index is 0.117. The first kappa shape index (κ1) is 11.1. The Morgan fingerprint density at radius 1 is 1.57 bits per heavy atom. The van der Waals surface area contributed by atoms with Crippen LogP contribution >= 0.6 is 11.6 Å². The van der Waals surface area contributed by atoms with Gasteiger partial charge < -0.3 is 15.2 Å². The number of hydrogen-bond donors (Lipinski definition) is 2. The number of hydrogen-bond acceptors (Lipinski definition) is 3. The van der Waals surface area contributed by atoms with Gasteiger partial charge in [0.05, 0.1) is 12.1 Å². The first-order chi connectivity index (χ1) is 6.61. The number of phenols is 1. The van der Waals surface area contributed by atoms with Crippen LogP contribution in [0.25, 0.3) is 0 Å². The first-order valence-electron chi connectivity index (χ1n) is 4.31. The predicted octanol–water partition coefficient (Wildman–Crippen LogP) is 2.08. The minimum Gasteiger partial charge on any atom is -0.504 e. The molecule has 0 spiro atoms. The normalized spacial score (nSPS) is 10.3. The van der Waals surface area contributed by atoms with E-state index in [4.69, 9.17) is 16.3 Å². The molecule has 0 aliphatic heterocycles. The fourth-order valence-corrected chi connectivity index (χ4v) is 1.70. The van der Waals surface area contributed by atoms with Gasteiger partial charge in [-0.25, -0.2) is 0 Å². The van der Waals surface area contributed by atoms with Gasteiger partial charge in [-0.15, -0.1) is 0 Å². The van der Waals surface area contributed by atoms with Crippen LogP contribution < -0.4 is 10.1 Å². The van der Waals surface area contributed by atoms with Crippen LogP contribution in [0.15, 0.2) is 6.07 Å². The number of aromatic hydroxyl groups is 1. The number of methoxy groups -OCH3 is 1. The van der Waals surface area contributed by atoms with Crippen LogP contribution in [0.1, 0.15) is 11.1 Å². The number of rotatable bonds is 3. The van der Waals surface area contributed by atoms with Crippen LogP contribution in [0.5, 0.6) is 11.5 Å². The van der Waals surface area contributed by atoms with E-state index in [1.165, 1.54) is 7.11 Å². The molecule has 0 fully saturated rings. The number of phenolic OH excluding ortho intramolecular Hbond substituents is 1. The third-order valence-electron chi connectivity index (χ3n) is 2.09. The quantitative estimate of drug-likeness (QED) is 0.811. The highest BCUT2D eigenvalue weighted by Crippen LogP contribution is 2.38. The Bertz CT molecular complexity index is 339. The highest BCUT2D eigenvalue weighted by Gasteiger charge is 2.14. The third kappa shape index (κ3) is 1.94. The number of benzene rings is 1. The molecule has 0 saturated carbocycles. The number of aryl methyl sites for hydroxylation is 1. The van der Waals surface area contributed by atoms with E-state index in [1.54, 1.807) is 6.07 Å². The average molecular weight is 216 g/mol. The monoisotopic (exact) mass is 215 g/mol. The summed E-state index contributed by atoms with van der Waals surface area (Å²) in [4.78, 5) is 0. The lowest BCUT2D eigenvalue weighted by atomic mass is 10.1. The molecule has 1 rings (SSSR count). The van der Waals surface area contributed by atoms with Crippen molar-refractivity contribution in [2.75, 3.05) is 14.2 Å². The Balaban J connectivity index is 3.28. The Kier molecular flexibility index (Phi) is 3.61. The zero-order valence-corrected chi connectivity index (χ0v) is 9.27. The molecule has 3 nitrogen and oxygen atoms in total. The van der Waals surface area contributed by atoms with Gasteiger partial charge in [0.1, 0.15) is 0 Å². The van der Waals surface area contributed by atoms with Crippen molar-refractivity contribution in [2.24, 2.45) is 0 Å². The topological polar surface area (TPSA) is 41.5 Å². The van der Waals surface area contributed by atoms with Gasteiger partial charge in [-0.1, -0.05) is 11.6 Å². The Morgan fingerprint density at radius 3 is 2.71 bits per heavy atom. The van der Waals surface area contributed by atoms with Crippen molar-refractivity contribution in [3.8, 4) is 11.5 Å². The molecule has 0 amide bonds. The lowest BCUT2D eigenvalue weighted by molar-refractivity contribution is 0.370. The van der Waals surface area contributed by atoms with E-state index >= 15 is 0 Å². The van der Waals surface area contributed by atoms with Gasteiger partial charge >= 0.3 is 0 Å².